The van der Waals surface area contributed by atoms with E-state index in [1.54, 1.807) is 30.5 Å². The van der Waals surface area contributed by atoms with Gasteiger partial charge in [0.2, 0.25) is 0 Å². The predicted molar refractivity (Wildman–Crippen MR) is 82.9 cm³/mol. The number of amides is 2. The van der Waals surface area contributed by atoms with Crippen LogP contribution in [0.1, 0.15) is 12.6 Å². The maximum Gasteiger partial charge on any atom is 0.319 e. The van der Waals surface area contributed by atoms with Crippen molar-refractivity contribution in [1.82, 2.24) is 15.1 Å². The van der Waals surface area contributed by atoms with Gasteiger partial charge in [-0.25, -0.2) is 4.79 Å². The molecule has 0 aliphatic rings. The van der Waals surface area contributed by atoms with Gasteiger partial charge in [-0.2, -0.15) is 5.10 Å². The first-order chi connectivity index (χ1) is 9.60. The minimum Gasteiger partial charge on any atom is -0.332 e. The van der Waals surface area contributed by atoms with E-state index in [0.29, 0.717) is 17.3 Å². The van der Waals surface area contributed by atoms with Crippen LogP contribution in [-0.2, 0) is 13.1 Å². The van der Waals surface area contributed by atoms with Crippen molar-refractivity contribution in [2.24, 2.45) is 0 Å². The molecular weight excluding hydrogens is 344 g/mol. The fourth-order valence-electron chi connectivity index (χ4n) is 1.74. The molecular formula is C13H14BrClN4O. The van der Waals surface area contributed by atoms with Gasteiger partial charge < -0.3 is 10.6 Å². The van der Waals surface area contributed by atoms with Crippen LogP contribution >= 0.6 is 27.5 Å². The zero-order valence-corrected chi connectivity index (χ0v) is 13.2. The van der Waals surface area contributed by atoms with E-state index in [1.165, 1.54) is 0 Å². The summed E-state index contributed by atoms with van der Waals surface area (Å²) in [7, 11) is 0. The monoisotopic (exact) mass is 356 g/mol. The van der Waals surface area contributed by atoms with Gasteiger partial charge in [-0.15, -0.1) is 0 Å². The van der Waals surface area contributed by atoms with Gasteiger partial charge in [-0.1, -0.05) is 17.7 Å². The average Bonchev–Trinajstić information content (AvgIpc) is 2.77. The van der Waals surface area contributed by atoms with E-state index >= 15 is 0 Å². The normalized spacial score (nSPS) is 10.3. The number of urea groups is 1. The van der Waals surface area contributed by atoms with Crippen molar-refractivity contribution in [2.75, 3.05) is 5.32 Å². The van der Waals surface area contributed by atoms with E-state index in [9.17, 15) is 4.79 Å². The molecule has 1 heterocycles. The highest BCUT2D eigenvalue weighted by Crippen LogP contribution is 2.16. The Kier molecular flexibility index (Phi) is 5.03. The van der Waals surface area contributed by atoms with Crippen LogP contribution < -0.4 is 10.6 Å². The van der Waals surface area contributed by atoms with Crippen LogP contribution in [0.2, 0.25) is 5.02 Å². The second-order valence-electron chi connectivity index (χ2n) is 4.07. The van der Waals surface area contributed by atoms with Gasteiger partial charge in [-0.3, -0.25) is 4.68 Å². The van der Waals surface area contributed by atoms with Crippen molar-refractivity contribution in [3.8, 4) is 0 Å². The molecule has 0 saturated heterocycles. The lowest BCUT2D eigenvalue weighted by Gasteiger charge is -2.09. The number of carbonyl (C=O) groups excluding carboxylic acids is 1. The second kappa shape index (κ2) is 6.76. The van der Waals surface area contributed by atoms with Crippen LogP contribution in [0.4, 0.5) is 10.5 Å². The van der Waals surface area contributed by atoms with Gasteiger partial charge in [0.15, 0.2) is 0 Å². The number of carbonyl (C=O) groups is 1. The molecule has 2 rings (SSSR count). The number of nitrogens with zero attached hydrogens (tertiary/aromatic N) is 2. The molecule has 0 atom stereocenters. The zero-order valence-electron chi connectivity index (χ0n) is 10.9. The predicted octanol–water partition coefficient (Wildman–Crippen LogP) is 3.64. The van der Waals surface area contributed by atoms with Gasteiger partial charge in [0.1, 0.15) is 0 Å². The smallest absolute Gasteiger partial charge is 0.319 e. The first kappa shape index (κ1) is 14.9. The topological polar surface area (TPSA) is 59.0 Å². The molecule has 106 valence electrons. The molecule has 0 radical (unpaired) electrons. The van der Waals surface area contributed by atoms with E-state index in [-0.39, 0.29) is 6.03 Å². The zero-order chi connectivity index (χ0) is 14.5. The van der Waals surface area contributed by atoms with Crippen molar-refractivity contribution in [3.63, 3.8) is 0 Å². The van der Waals surface area contributed by atoms with Crippen LogP contribution in [-0.4, -0.2) is 15.8 Å². The molecule has 0 aliphatic heterocycles. The number of halogens is 2. The molecule has 0 unspecified atom stereocenters. The van der Waals surface area contributed by atoms with E-state index in [4.69, 9.17) is 11.6 Å². The second-order valence-corrected chi connectivity index (χ2v) is 5.36. The Labute approximate surface area is 130 Å². The van der Waals surface area contributed by atoms with Gasteiger partial charge in [0.05, 0.1) is 22.9 Å². The first-order valence-corrected chi connectivity index (χ1v) is 7.28. The number of nitrogens with one attached hydrogen (secondary N) is 2. The maximum atomic E-state index is 11.8. The Hall–Kier alpha value is -1.53. The van der Waals surface area contributed by atoms with Gasteiger partial charge >= 0.3 is 6.03 Å². The fraction of sp³-hybridized carbons (Fsp3) is 0.231. The van der Waals surface area contributed by atoms with Crippen molar-refractivity contribution in [2.45, 2.75) is 20.0 Å². The summed E-state index contributed by atoms with van der Waals surface area (Å²) in [6.07, 6.45) is 1.72. The third-order valence-corrected chi connectivity index (χ3v) is 3.59. The molecule has 0 fully saturated rings. The number of rotatable bonds is 4. The number of aryl methyl sites for hydroxylation is 1. The van der Waals surface area contributed by atoms with Crippen molar-refractivity contribution >= 4 is 39.2 Å². The summed E-state index contributed by atoms with van der Waals surface area (Å²) in [5.74, 6) is 0. The molecule has 0 saturated carbocycles. The molecule has 2 aromatic rings. The molecule has 0 bridgehead atoms. The van der Waals surface area contributed by atoms with Crippen LogP contribution in [0.15, 0.2) is 34.9 Å². The summed E-state index contributed by atoms with van der Waals surface area (Å²) >= 11 is 9.27. The van der Waals surface area contributed by atoms with Crippen molar-refractivity contribution < 1.29 is 4.79 Å². The lowest BCUT2D eigenvalue weighted by molar-refractivity contribution is 0.251. The molecule has 7 heteroatoms. The molecule has 1 aromatic carbocycles. The van der Waals surface area contributed by atoms with Gasteiger partial charge in [0.25, 0.3) is 0 Å². The number of benzene rings is 1. The summed E-state index contributed by atoms with van der Waals surface area (Å²) in [6.45, 7) is 3.13. The minimum atomic E-state index is -0.289. The third-order valence-electron chi connectivity index (χ3n) is 2.70. The SMILES string of the molecule is CCn1ncc(Br)c1CNC(=O)Nc1cccc(Cl)c1. The highest BCUT2D eigenvalue weighted by atomic mass is 79.9. The van der Waals surface area contributed by atoms with Crippen LogP contribution in [0.25, 0.3) is 0 Å². The van der Waals surface area contributed by atoms with E-state index in [2.05, 4.69) is 31.7 Å². The minimum absolute atomic E-state index is 0.289. The van der Waals surface area contributed by atoms with Crippen molar-refractivity contribution in [3.05, 3.63) is 45.7 Å². The Morgan fingerprint density at radius 1 is 1.50 bits per heavy atom. The molecule has 20 heavy (non-hydrogen) atoms. The summed E-state index contributed by atoms with van der Waals surface area (Å²) in [5.41, 5.74) is 1.58. The lowest BCUT2D eigenvalue weighted by Crippen LogP contribution is -2.29. The quantitative estimate of drug-likeness (QED) is 0.877. The van der Waals surface area contributed by atoms with E-state index in [0.717, 1.165) is 16.7 Å². The van der Waals surface area contributed by atoms with Crippen molar-refractivity contribution in [1.29, 1.82) is 0 Å². The molecule has 0 aliphatic carbocycles. The highest BCUT2D eigenvalue weighted by molar-refractivity contribution is 9.10. The molecule has 1 aromatic heterocycles. The molecule has 2 N–H and O–H groups in total. The lowest BCUT2D eigenvalue weighted by atomic mass is 10.3. The Morgan fingerprint density at radius 2 is 2.30 bits per heavy atom. The highest BCUT2D eigenvalue weighted by Gasteiger charge is 2.09. The van der Waals surface area contributed by atoms with Crippen LogP contribution in [0, 0.1) is 0 Å². The maximum absolute atomic E-state index is 11.8. The molecule has 0 spiro atoms. The number of anilines is 1. The first-order valence-electron chi connectivity index (χ1n) is 6.10. The van der Waals surface area contributed by atoms with Crippen LogP contribution in [0.3, 0.4) is 0 Å². The summed E-state index contributed by atoms with van der Waals surface area (Å²) in [6, 6.07) is 6.70. The number of hydrogen-bond acceptors (Lipinski definition) is 2. The van der Waals surface area contributed by atoms with E-state index < -0.39 is 0 Å². The summed E-state index contributed by atoms with van der Waals surface area (Å²) in [5, 5.41) is 10.3. The van der Waals surface area contributed by atoms with Crippen LogP contribution in [0.5, 0.6) is 0 Å². The summed E-state index contributed by atoms with van der Waals surface area (Å²) < 4.78 is 2.70. The molecule has 5 nitrogen and oxygen atoms in total. The number of aromatic nitrogens is 2. The van der Waals surface area contributed by atoms with E-state index in [1.807, 2.05) is 11.6 Å². The standard InChI is InChI=1S/C13H14BrClN4O/c1-2-19-12(11(14)7-17-19)8-16-13(20)18-10-5-3-4-9(15)6-10/h3-7H,2,8H2,1H3,(H2,16,18,20). The summed E-state index contributed by atoms with van der Waals surface area (Å²) in [4.78, 5) is 11.8. The third kappa shape index (κ3) is 3.74. The largest absolute Gasteiger partial charge is 0.332 e. The van der Waals surface area contributed by atoms with Gasteiger partial charge in [-0.05, 0) is 41.1 Å². The Morgan fingerprint density at radius 3 is 3.00 bits per heavy atom. The fourth-order valence-corrected chi connectivity index (χ4v) is 2.37. The Bertz CT molecular complexity index is 614. The Balaban J connectivity index is 1.94. The molecule has 2 amide bonds. The average molecular weight is 358 g/mol. The van der Waals surface area contributed by atoms with Gasteiger partial charge in [0, 0.05) is 17.3 Å². The number of hydrogen-bond donors (Lipinski definition) is 2.